The Balaban J connectivity index is 1.40. The number of hydrogen-bond acceptors (Lipinski definition) is 9. The van der Waals surface area contributed by atoms with E-state index in [1.54, 1.807) is 42.6 Å². The number of ether oxygens (including phenoxy) is 1. The van der Waals surface area contributed by atoms with Crippen molar-refractivity contribution in [2.45, 2.75) is 13.5 Å². The van der Waals surface area contributed by atoms with Crippen molar-refractivity contribution in [3.63, 3.8) is 0 Å². The molecule has 0 aliphatic rings. The zero-order valence-corrected chi connectivity index (χ0v) is 18.5. The standard InChI is InChI=1S/C22H17ClN8O3/c1-2-31-17-10-18(26-11-16(17)28-21(31)19-20(24)30-34-29-19)33-14-5-3-4-13(9-14)27-22(32)15-8-12(23)6-7-25-15/h3-11H,2H2,1H3,(H2,24,30)(H,27,32). The van der Waals surface area contributed by atoms with E-state index in [2.05, 4.69) is 30.6 Å². The van der Waals surface area contributed by atoms with Crippen LogP contribution in [0.3, 0.4) is 0 Å². The lowest BCUT2D eigenvalue weighted by atomic mass is 10.2. The molecule has 12 heteroatoms. The molecule has 4 aromatic heterocycles. The van der Waals surface area contributed by atoms with Crippen molar-refractivity contribution in [1.82, 2.24) is 29.8 Å². The lowest BCUT2D eigenvalue weighted by Crippen LogP contribution is -2.13. The average Bonchev–Trinajstić information content (AvgIpc) is 3.41. The van der Waals surface area contributed by atoms with E-state index in [0.717, 1.165) is 5.52 Å². The van der Waals surface area contributed by atoms with E-state index in [0.29, 0.717) is 45.9 Å². The van der Waals surface area contributed by atoms with Gasteiger partial charge >= 0.3 is 0 Å². The molecule has 3 N–H and O–H groups in total. The first-order chi connectivity index (χ1) is 16.5. The summed E-state index contributed by atoms with van der Waals surface area (Å²) in [6.45, 7) is 2.57. The summed E-state index contributed by atoms with van der Waals surface area (Å²) in [6, 6.07) is 11.8. The van der Waals surface area contributed by atoms with Gasteiger partial charge in [0.25, 0.3) is 5.91 Å². The summed E-state index contributed by atoms with van der Waals surface area (Å²) < 4.78 is 12.6. The van der Waals surface area contributed by atoms with Crippen molar-refractivity contribution in [3.05, 3.63) is 65.6 Å². The number of pyridine rings is 2. The molecule has 5 aromatic rings. The molecule has 0 bridgehead atoms. The third-order valence-electron chi connectivity index (χ3n) is 4.92. The summed E-state index contributed by atoms with van der Waals surface area (Å²) in [4.78, 5) is 25.4. The minimum absolute atomic E-state index is 0.154. The smallest absolute Gasteiger partial charge is 0.274 e. The van der Waals surface area contributed by atoms with Gasteiger partial charge in [0.15, 0.2) is 17.3 Å². The molecule has 0 spiro atoms. The van der Waals surface area contributed by atoms with Crippen LogP contribution in [-0.4, -0.2) is 35.7 Å². The number of nitrogens with one attached hydrogen (secondary N) is 1. The van der Waals surface area contributed by atoms with Crippen LogP contribution in [0.15, 0.2) is 59.5 Å². The van der Waals surface area contributed by atoms with Gasteiger partial charge in [-0.25, -0.2) is 14.6 Å². The number of hydrogen-bond donors (Lipinski definition) is 2. The summed E-state index contributed by atoms with van der Waals surface area (Å²) >= 11 is 5.94. The van der Waals surface area contributed by atoms with Crippen LogP contribution in [0.25, 0.3) is 22.6 Å². The van der Waals surface area contributed by atoms with Gasteiger partial charge in [-0.15, -0.1) is 0 Å². The number of imidazole rings is 1. The molecule has 0 radical (unpaired) electrons. The summed E-state index contributed by atoms with van der Waals surface area (Å²) in [5.74, 6) is 1.12. The number of amides is 1. The maximum Gasteiger partial charge on any atom is 0.274 e. The van der Waals surface area contributed by atoms with Crippen molar-refractivity contribution in [1.29, 1.82) is 0 Å². The predicted octanol–water partition coefficient (Wildman–Crippen LogP) is 4.18. The highest BCUT2D eigenvalue weighted by molar-refractivity contribution is 6.30. The first-order valence-corrected chi connectivity index (χ1v) is 10.5. The lowest BCUT2D eigenvalue weighted by molar-refractivity contribution is 0.102. The molecule has 0 fully saturated rings. The second-order valence-electron chi connectivity index (χ2n) is 7.13. The molecule has 0 aliphatic carbocycles. The van der Waals surface area contributed by atoms with Gasteiger partial charge in [-0.3, -0.25) is 9.78 Å². The Labute approximate surface area is 197 Å². The third kappa shape index (κ3) is 4.11. The molecule has 0 saturated heterocycles. The molecule has 0 aliphatic heterocycles. The zero-order valence-electron chi connectivity index (χ0n) is 17.8. The van der Waals surface area contributed by atoms with E-state index in [9.17, 15) is 4.79 Å². The molecule has 5 rings (SSSR count). The summed E-state index contributed by atoms with van der Waals surface area (Å²) in [5.41, 5.74) is 8.35. The van der Waals surface area contributed by atoms with Crippen LogP contribution in [0.1, 0.15) is 17.4 Å². The Morgan fingerprint density at radius 3 is 2.85 bits per heavy atom. The van der Waals surface area contributed by atoms with Gasteiger partial charge in [0.05, 0.1) is 11.7 Å². The summed E-state index contributed by atoms with van der Waals surface area (Å²) in [6.07, 6.45) is 3.07. The van der Waals surface area contributed by atoms with Gasteiger partial charge in [0.1, 0.15) is 17.0 Å². The Kier molecular flexibility index (Phi) is 5.52. The summed E-state index contributed by atoms with van der Waals surface area (Å²) in [7, 11) is 0. The highest BCUT2D eigenvalue weighted by atomic mass is 35.5. The second-order valence-corrected chi connectivity index (χ2v) is 7.57. The number of carbonyl (C=O) groups is 1. The van der Waals surface area contributed by atoms with Crippen LogP contribution in [0.5, 0.6) is 11.6 Å². The third-order valence-corrected chi connectivity index (χ3v) is 5.16. The fourth-order valence-electron chi connectivity index (χ4n) is 3.40. The normalized spacial score (nSPS) is 11.0. The van der Waals surface area contributed by atoms with Crippen LogP contribution < -0.4 is 15.8 Å². The van der Waals surface area contributed by atoms with Gasteiger partial charge in [-0.1, -0.05) is 17.7 Å². The molecule has 1 amide bonds. The number of fused-ring (bicyclic) bond motifs is 1. The fraction of sp³-hybridized carbons (Fsp3) is 0.0909. The number of nitrogens with zero attached hydrogens (tertiary/aromatic N) is 6. The number of aryl methyl sites for hydroxylation is 1. The van der Waals surface area contributed by atoms with E-state index in [4.69, 9.17) is 26.7 Å². The van der Waals surface area contributed by atoms with Crippen LogP contribution >= 0.6 is 11.6 Å². The van der Waals surface area contributed by atoms with Crippen LogP contribution in [0, 0.1) is 0 Å². The van der Waals surface area contributed by atoms with E-state index in [1.165, 1.54) is 12.3 Å². The molecule has 0 saturated carbocycles. The number of nitrogen functional groups attached to an aromatic ring is 1. The average molecular weight is 477 g/mol. The van der Waals surface area contributed by atoms with E-state index in [1.807, 2.05) is 11.5 Å². The number of halogens is 1. The minimum Gasteiger partial charge on any atom is -0.439 e. The van der Waals surface area contributed by atoms with E-state index >= 15 is 0 Å². The Morgan fingerprint density at radius 1 is 1.21 bits per heavy atom. The number of nitrogens with two attached hydrogens (primary N) is 1. The van der Waals surface area contributed by atoms with E-state index < -0.39 is 0 Å². The first kappa shape index (κ1) is 21.3. The van der Waals surface area contributed by atoms with Crippen LogP contribution in [0.4, 0.5) is 11.5 Å². The highest BCUT2D eigenvalue weighted by Crippen LogP contribution is 2.30. The number of rotatable bonds is 6. The quantitative estimate of drug-likeness (QED) is 0.368. The Hall–Kier alpha value is -4.51. The molecular formula is C22H17ClN8O3. The van der Waals surface area contributed by atoms with Crippen molar-refractivity contribution in [2.75, 3.05) is 11.1 Å². The number of carbonyl (C=O) groups excluding carboxylic acids is 1. The number of benzene rings is 1. The first-order valence-electron chi connectivity index (χ1n) is 10.2. The van der Waals surface area contributed by atoms with E-state index in [-0.39, 0.29) is 17.4 Å². The number of aromatic nitrogens is 6. The van der Waals surface area contributed by atoms with Crippen molar-refractivity contribution in [2.24, 2.45) is 0 Å². The molecular weight excluding hydrogens is 460 g/mol. The molecule has 4 heterocycles. The predicted molar refractivity (Wildman–Crippen MR) is 125 cm³/mol. The monoisotopic (exact) mass is 476 g/mol. The van der Waals surface area contributed by atoms with Crippen molar-refractivity contribution < 1.29 is 14.2 Å². The molecule has 1 aromatic carbocycles. The highest BCUT2D eigenvalue weighted by Gasteiger charge is 2.19. The minimum atomic E-state index is -0.389. The zero-order chi connectivity index (χ0) is 23.7. The van der Waals surface area contributed by atoms with Crippen molar-refractivity contribution in [3.8, 4) is 23.1 Å². The van der Waals surface area contributed by atoms with Gasteiger partial charge < -0.3 is 20.4 Å². The van der Waals surface area contributed by atoms with Gasteiger partial charge in [-0.05, 0) is 41.5 Å². The fourth-order valence-corrected chi connectivity index (χ4v) is 3.56. The maximum atomic E-state index is 12.5. The molecule has 11 nitrogen and oxygen atoms in total. The molecule has 0 unspecified atom stereocenters. The Bertz CT molecular complexity index is 1510. The van der Waals surface area contributed by atoms with Gasteiger partial charge in [0, 0.05) is 35.6 Å². The topological polar surface area (TPSA) is 147 Å². The molecule has 0 atom stereocenters. The largest absolute Gasteiger partial charge is 0.439 e. The van der Waals surface area contributed by atoms with Crippen molar-refractivity contribution >= 4 is 40.0 Å². The maximum absolute atomic E-state index is 12.5. The second kappa shape index (κ2) is 8.79. The number of anilines is 2. The Morgan fingerprint density at radius 2 is 2.09 bits per heavy atom. The van der Waals surface area contributed by atoms with Gasteiger partial charge in [-0.2, -0.15) is 0 Å². The van der Waals surface area contributed by atoms with Crippen LogP contribution in [-0.2, 0) is 6.54 Å². The lowest BCUT2D eigenvalue weighted by Gasteiger charge is -2.09. The summed E-state index contributed by atoms with van der Waals surface area (Å²) in [5, 5.41) is 10.7. The molecule has 170 valence electrons. The van der Waals surface area contributed by atoms with Crippen LogP contribution in [0.2, 0.25) is 5.02 Å². The van der Waals surface area contributed by atoms with Gasteiger partial charge in [0.2, 0.25) is 5.88 Å². The molecule has 34 heavy (non-hydrogen) atoms. The SMILES string of the molecule is CCn1c(-c2nonc2N)nc2cnc(Oc3cccc(NC(=O)c4cc(Cl)ccn4)c3)cc21.